The van der Waals surface area contributed by atoms with E-state index in [1.165, 1.54) is 22.5 Å². The van der Waals surface area contributed by atoms with E-state index >= 15 is 0 Å². The molecule has 1 aliphatic rings. The van der Waals surface area contributed by atoms with E-state index in [1.54, 1.807) is 0 Å². The van der Waals surface area contributed by atoms with Crippen LogP contribution >= 0.6 is 11.3 Å². The molecule has 2 aromatic rings. The van der Waals surface area contributed by atoms with E-state index in [2.05, 4.69) is 29.2 Å². The molecule has 2 unspecified atom stereocenters. The van der Waals surface area contributed by atoms with Crippen LogP contribution in [0.5, 0.6) is 0 Å². The summed E-state index contributed by atoms with van der Waals surface area (Å²) < 4.78 is 1.31. The van der Waals surface area contributed by atoms with Crippen LogP contribution < -0.4 is 5.73 Å². The molecule has 2 N–H and O–H groups in total. The van der Waals surface area contributed by atoms with Crippen LogP contribution in [0.4, 0.5) is 0 Å². The fraction of sp³-hybridized carbons (Fsp3) is 0.462. The van der Waals surface area contributed by atoms with Gasteiger partial charge in [-0.25, -0.2) is 4.98 Å². The number of nitrogens with zero attached hydrogens (tertiary/aromatic N) is 1. The van der Waals surface area contributed by atoms with Crippen molar-refractivity contribution in [2.24, 2.45) is 17.6 Å². The molecule has 1 aliphatic carbocycles. The number of nitrogens with two attached hydrogens (primary N) is 1. The summed E-state index contributed by atoms with van der Waals surface area (Å²) >= 11 is 1.83. The Morgan fingerprint density at radius 3 is 2.94 bits per heavy atom. The van der Waals surface area contributed by atoms with Crippen LogP contribution in [0, 0.1) is 11.8 Å². The molecule has 2 nitrogen and oxygen atoms in total. The highest BCUT2D eigenvalue weighted by Crippen LogP contribution is 2.41. The Bertz CT molecular complexity index is 458. The largest absolute Gasteiger partial charge is 0.330 e. The fourth-order valence-corrected chi connectivity index (χ4v) is 3.27. The van der Waals surface area contributed by atoms with E-state index in [1.807, 2.05) is 11.3 Å². The van der Waals surface area contributed by atoms with Gasteiger partial charge in [-0.3, -0.25) is 0 Å². The molecule has 16 heavy (non-hydrogen) atoms. The standard InChI is InChI=1S/C13H16N2S/c14-8-10-7-9(10)5-6-13-15-11-3-1-2-4-12(11)16-13/h1-4,9-10H,5-8,14H2. The highest BCUT2D eigenvalue weighted by Gasteiger charge is 2.34. The van der Waals surface area contributed by atoms with Gasteiger partial charge in [-0.15, -0.1) is 11.3 Å². The molecule has 1 saturated carbocycles. The van der Waals surface area contributed by atoms with Crippen LogP contribution in [0.25, 0.3) is 10.2 Å². The van der Waals surface area contributed by atoms with Gasteiger partial charge in [0.05, 0.1) is 15.2 Å². The SMILES string of the molecule is NCC1CC1CCc1nc2ccccc2s1. The molecular weight excluding hydrogens is 216 g/mol. The molecule has 0 radical (unpaired) electrons. The minimum absolute atomic E-state index is 0.800. The maximum Gasteiger partial charge on any atom is 0.0938 e. The van der Waals surface area contributed by atoms with Crippen molar-refractivity contribution in [3.63, 3.8) is 0 Å². The molecule has 1 aromatic carbocycles. The summed E-state index contributed by atoms with van der Waals surface area (Å²) in [5.41, 5.74) is 6.79. The van der Waals surface area contributed by atoms with Gasteiger partial charge in [0.25, 0.3) is 0 Å². The zero-order chi connectivity index (χ0) is 11.0. The van der Waals surface area contributed by atoms with Crippen LogP contribution in [-0.4, -0.2) is 11.5 Å². The first-order valence-electron chi connectivity index (χ1n) is 5.91. The second kappa shape index (κ2) is 4.15. The molecular formula is C13H16N2S. The third-order valence-corrected chi connectivity index (χ3v) is 4.54. The fourth-order valence-electron chi connectivity index (χ4n) is 2.29. The normalized spacial score (nSPS) is 23.8. The van der Waals surface area contributed by atoms with Crippen molar-refractivity contribution in [2.75, 3.05) is 6.54 Å². The average Bonchev–Trinajstić information content (AvgIpc) is 2.95. The second-order valence-corrected chi connectivity index (χ2v) is 5.72. The Hall–Kier alpha value is -0.930. The van der Waals surface area contributed by atoms with Crippen molar-refractivity contribution >= 4 is 21.6 Å². The zero-order valence-corrected chi connectivity index (χ0v) is 10.0. The number of benzene rings is 1. The predicted octanol–water partition coefficient (Wildman–Crippen LogP) is 2.82. The smallest absolute Gasteiger partial charge is 0.0938 e. The van der Waals surface area contributed by atoms with Gasteiger partial charge in [-0.05, 0) is 49.8 Å². The Labute approximate surface area is 99.5 Å². The summed E-state index contributed by atoms with van der Waals surface area (Å²) in [5.74, 6) is 1.67. The van der Waals surface area contributed by atoms with Crippen LogP contribution in [-0.2, 0) is 6.42 Å². The summed E-state index contributed by atoms with van der Waals surface area (Å²) in [6.45, 7) is 0.866. The van der Waals surface area contributed by atoms with Crippen molar-refractivity contribution in [1.29, 1.82) is 0 Å². The molecule has 0 amide bonds. The Morgan fingerprint density at radius 1 is 1.31 bits per heavy atom. The molecule has 0 bridgehead atoms. The molecule has 0 spiro atoms. The highest BCUT2D eigenvalue weighted by atomic mass is 32.1. The van der Waals surface area contributed by atoms with Gasteiger partial charge in [0, 0.05) is 0 Å². The molecule has 0 saturated heterocycles. The van der Waals surface area contributed by atoms with E-state index in [4.69, 9.17) is 5.73 Å². The minimum Gasteiger partial charge on any atom is -0.330 e. The van der Waals surface area contributed by atoms with Crippen molar-refractivity contribution in [3.05, 3.63) is 29.3 Å². The third-order valence-electron chi connectivity index (χ3n) is 3.44. The summed E-state index contributed by atoms with van der Waals surface area (Å²) in [5, 5.41) is 1.28. The lowest BCUT2D eigenvalue weighted by Gasteiger charge is -1.95. The number of para-hydroxylation sites is 1. The number of rotatable bonds is 4. The zero-order valence-electron chi connectivity index (χ0n) is 9.23. The first-order chi connectivity index (χ1) is 7.86. The monoisotopic (exact) mass is 232 g/mol. The number of aryl methyl sites for hydroxylation is 1. The van der Waals surface area contributed by atoms with Crippen LogP contribution in [0.2, 0.25) is 0 Å². The number of thiazole rings is 1. The molecule has 1 heterocycles. The van der Waals surface area contributed by atoms with Crippen LogP contribution in [0.15, 0.2) is 24.3 Å². The van der Waals surface area contributed by atoms with Crippen LogP contribution in [0.1, 0.15) is 17.8 Å². The highest BCUT2D eigenvalue weighted by molar-refractivity contribution is 7.18. The van der Waals surface area contributed by atoms with Gasteiger partial charge < -0.3 is 5.73 Å². The lowest BCUT2D eigenvalue weighted by Crippen LogP contribution is -2.02. The summed E-state index contributed by atoms with van der Waals surface area (Å²) in [6, 6.07) is 8.37. The number of fused-ring (bicyclic) bond motifs is 1. The number of aromatic nitrogens is 1. The van der Waals surface area contributed by atoms with E-state index in [9.17, 15) is 0 Å². The van der Waals surface area contributed by atoms with Crippen molar-refractivity contribution in [3.8, 4) is 0 Å². The lowest BCUT2D eigenvalue weighted by atomic mass is 10.2. The summed E-state index contributed by atoms with van der Waals surface area (Å²) in [7, 11) is 0. The van der Waals surface area contributed by atoms with Crippen molar-refractivity contribution in [2.45, 2.75) is 19.3 Å². The first kappa shape index (κ1) is 10.2. The predicted molar refractivity (Wildman–Crippen MR) is 68.6 cm³/mol. The second-order valence-electron chi connectivity index (χ2n) is 4.61. The van der Waals surface area contributed by atoms with E-state index in [0.717, 1.165) is 30.3 Å². The Kier molecular flexibility index (Phi) is 2.65. The molecule has 3 heteroatoms. The minimum atomic E-state index is 0.800. The Morgan fingerprint density at radius 2 is 2.19 bits per heavy atom. The number of hydrogen-bond acceptors (Lipinski definition) is 3. The summed E-state index contributed by atoms with van der Waals surface area (Å²) in [4.78, 5) is 4.65. The lowest BCUT2D eigenvalue weighted by molar-refractivity contribution is 0.648. The van der Waals surface area contributed by atoms with Gasteiger partial charge in [-0.1, -0.05) is 12.1 Å². The molecule has 0 aliphatic heterocycles. The molecule has 1 aromatic heterocycles. The summed E-state index contributed by atoms with van der Waals surface area (Å²) in [6.07, 6.45) is 3.73. The molecule has 84 valence electrons. The quantitative estimate of drug-likeness (QED) is 0.880. The van der Waals surface area contributed by atoms with E-state index in [0.29, 0.717) is 0 Å². The maximum atomic E-state index is 5.64. The van der Waals surface area contributed by atoms with Crippen LogP contribution in [0.3, 0.4) is 0 Å². The first-order valence-corrected chi connectivity index (χ1v) is 6.73. The van der Waals surface area contributed by atoms with Gasteiger partial charge in [-0.2, -0.15) is 0 Å². The van der Waals surface area contributed by atoms with E-state index in [-0.39, 0.29) is 0 Å². The average molecular weight is 232 g/mol. The molecule has 3 rings (SSSR count). The Balaban J connectivity index is 1.66. The van der Waals surface area contributed by atoms with Gasteiger partial charge in [0.15, 0.2) is 0 Å². The van der Waals surface area contributed by atoms with Gasteiger partial charge in [0.1, 0.15) is 0 Å². The topological polar surface area (TPSA) is 38.9 Å². The van der Waals surface area contributed by atoms with Crippen molar-refractivity contribution < 1.29 is 0 Å². The maximum absolute atomic E-state index is 5.64. The third kappa shape index (κ3) is 1.97. The van der Waals surface area contributed by atoms with Gasteiger partial charge >= 0.3 is 0 Å². The van der Waals surface area contributed by atoms with Crippen molar-refractivity contribution in [1.82, 2.24) is 4.98 Å². The van der Waals surface area contributed by atoms with Gasteiger partial charge in [0.2, 0.25) is 0 Å². The number of hydrogen-bond donors (Lipinski definition) is 1. The molecule has 2 atom stereocenters. The molecule has 1 fully saturated rings. The van der Waals surface area contributed by atoms with E-state index < -0.39 is 0 Å².